The first kappa shape index (κ1) is 18.9. The fourth-order valence-electron chi connectivity index (χ4n) is 2.69. The zero-order chi connectivity index (χ0) is 19.1. The normalized spacial score (nSPS) is 10.3. The summed E-state index contributed by atoms with van der Waals surface area (Å²) in [5.41, 5.74) is 2.59. The summed E-state index contributed by atoms with van der Waals surface area (Å²) in [6.45, 7) is 0.523. The summed E-state index contributed by atoms with van der Waals surface area (Å²) in [7, 11) is 0. The van der Waals surface area contributed by atoms with E-state index >= 15 is 0 Å². The Morgan fingerprint density at radius 3 is 2.11 bits per heavy atom. The van der Waals surface area contributed by atoms with E-state index in [4.69, 9.17) is 0 Å². The molecule has 3 rings (SSSR count). The molecule has 2 amide bonds. The molecule has 0 bridgehead atoms. The van der Waals surface area contributed by atoms with Crippen LogP contribution in [0.1, 0.15) is 26.3 Å². The number of rotatable bonds is 6. The van der Waals surface area contributed by atoms with E-state index < -0.39 is 0 Å². The summed E-state index contributed by atoms with van der Waals surface area (Å²) in [5, 5.41) is 5.74. The second-order valence-electron chi connectivity index (χ2n) is 5.97. The van der Waals surface area contributed by atoms with Crippen molar-refractivity contribution >= 4 is 33.4 Å². The highest BCUT2D eigenvalue weighted by atomic mass is 79.9. The molecule has 0 radical (unpaired) electrons. The summed E-state index contributed by atoms with van der Waals surface area (Å²) in [4.78, 5) is 25.1. The van der Waals surface area contributed by atoms with Crippen molar-refractivity contribution in [3.8, 4) is 0 Å². The minimum Gasteiger partial charge on any atom is -0.352 e. The molecule has 0 aliphatic carbocycles. The van der Waals surface area contributed by atoms with Crippen LogP contribution in [0.5, 0.6) is 0 Å². The topological polar surface area (TPSA) is 58.2 Å². The first-order chi connectivity index (χ1) is 13.1. The lowest BCUT2D eigenvalue weighted by Gasteiger charge is -2.12. The first-order valence-electron chi connectivity index (χ1n) is 8.62. The second kappa shape index (κ2) is 9.14. The minimum absolute atomic E-state index is 0.214. The summed E-state index contributed by atoms with van der Waals surface area (Å²) in [6.07, 6.45) is 0.748. The van der Waals surface area contributed by atoms with Crippen molar-refractivity contribution in [1.29, 1.82) is 0 Å². The molecule has 5 heteroatoms. The number of amides is 2. The third-order valence-electron chi connectivity index (χ3n) is 4.08. The maximum Gasteiger partial charge on any atom is 0.256 e. The van der Waals surface area contributed by atoms with Gasteiger partial charge in [0.1, 0.15) is 0 Å². The molecule has 27 heavy (non-hydrogen) atoms. The Hall–Kier alpha value is -2.92. The molecule has 3 aromatic carbocycles. The standard InChI is InChI=1S/C22H19BrN2O2/c23-19-12-6-4-10-17(19)22(27)25-20-13-7-5-11-18(20)21(26)24-15-14-16-8-2-1-3-9-16/h1-13H,14-15H2,(H,24,26)(H,25,27). The number of hydrogen-bond donors (Lipinski definition) is 2. The van der Waals surface area contributed by atoms with Crippen molar-refractivity contribution in [3.63, 3.8) is 0 Å². The van der Waals surface area contributed by atoms with Gasteiger partial charge < -0.3 is 10.6 Å². The molecular weight excluding hydrogens is 404 g/mol. The fraction of sp³-hybridized carbons (Fsp3) is 0.0909. The van der Waals surface area contributed by atoms with Crippen molar-refractivity contribution in [2.75, 3.05) is 11.9 Å². The molecule has 0 aliphatic heterocycles. The number of anilines is 1. The van der Waals surface area contributed by atoms with Gasteiger partial charge in [0.25, 0.3) is 11.8 Å². The van der Waals surface area contributed by atoms with Crippen molar-refractivity contribution in [1.82, 2.24) is 5.32 Å². The second-order valence-corrected chi connectivity index (χ2v) is 6.83. The van der Waals surface area contributed by atoms with Gasteiger partial charge in [0.05, 0.1) is 16.8 Å². The van der Waals surface area contributed by atoms with Crippen molar-refractivity contribution in [2.45, 2.75) is 6.42 Å². The van der Waals surface area contributed by atoms with E-state index in [2.05, 4.69) is 26.6 Å². The molecule has 0 unspecified atom stereocenters. The van der Waals surface area contributed by atoms with Gasteiger partial charge in [-0.3, -0.25) is 9.59 Å². The number of nitrogens with one attached hydrogen (secondary N) is 2. The van der Waals surface area contributed by atoms with Gasteiger partial charge in [-0.2, -0.15) is 0 Å². The summed E-state index contributed by atoms with van der Waals surface area (Å²) in [6, 6.07) is 24.1. The molecule has 0 spiro atoms. The average molecular weight is 423 g/mol. The molecule has 136 valence electrons. The number of benzene rings is 3. The number of hydrogen-bond acceptors (Lipinski definition) is 2. The third kappa shape index (κ3) is 5.05. The van der Waals surface area contributed by atoms with Crippen LogP contribution in [-0.2, 0) is 6.42 Å². The molecule has 0 aromatic heterocycles. The van der Waals surface area contributed by atoms with Gasteiger partial charge in [0.2, 0.25) is 0 Å². The Morgan fingerprint density at radius 2 is 1.37 bits per heavy atom. The predicted octanol–water partition coefficient (Wildman–Crippen LogP) is 4.67. The third-order valence-corrected chi connectivity index (χ3v) is 4.77. The highest BCUT2D eigenvalue weighted by Crippen LogP contribution is 2.20. The average Bonchev–Trinajstić information content (AvgIpc) is 2.69. The largest absolute Gasteiger partial charge is 0.352 e. The molecule has 0 heterocycles. The maximum absolute atomic E-state index is 12.6. The molecule has 0 atom stereocenters. The lowest BCUT2D eigenvalue weighted by molar-refractivity contribution is 0.0955. The predicted molar refractivity (Wildman–Crippen MR) is 111 cm³/mol. The molecule has 0 saturated carbocycles. The van der Waals surface area contributed by atoms with E-state index in [1.165, 1.54) is 0 Å². The number of carbonyl (C=O) groups excluding carboxylic acids is 2. The van der Waals surface area contributed by atoms with Gasteiger partial charge in [-0.1, -0.05) is 54.6 Å². The van der Waals surface area contributed by atoms with Gasteiger partial charge >= 0.3 is 0 Å². The van der Waals surface area contributed by atoms with Crippen molar-refractivity contribution < 1.29 is 9.59 Å². The molecule has 0 saturated heterocycles. The molecule has 3 aromatic rings. The van der Waals surface area contributed by atoms with Gasteiger partial charge in [0.15, 0.2) is 0 Å². The van der Waals surface area contributed by atoms with Crippen molar-refractivity contribution in [3.05, 3.63) is 100 Å². The minimum atomic E-state index is -0.271. The van der Waals surface area contributed by atoms with Gasteiger partial charge in [-0.25, -0.2) is 0 Å². The highest BCUT2D eigenvalue weighted by Gasteiger charge is 2.15. The Labute approximate surface area is 166 Å². The molecule has 2 N–H and O–H groups in total. The first-order valence-corrected chi connectivity index (χ1v) is 9.41. The van der Waals surface area contributed by atoms with E-state index in [-0.39, 0.29) is 11.8 Å². The molecule has 0 aliphatic rings. The Balaban J connectivity index is 1.67. The van der Waals surface area contributed by atoms with E-state index in [1.54, 1.807) is 42.5 Å². The maximum atomic E-state index is 12.6. The van der Waals surface area contributed by atoms with Crippen LogP contribution >= 0.6 is 15.9 Å². The molecule has 4 nitrogen and oxygen atoms in total. The lowest BCUT2D eigenvalue weighted by atomic mass is 10.1. The SMILES string of the molecule is O=C(Nc1ccccc1C(=O)NCCc1ccccc1)c1ccccc1Br. The quantitative estimate of drug-likeness (QED) is 0.605. The van der Waals surface area contributed by atoms with Crippen LogP contribution in [0.15, 0.2) is 83.3 Å². The van der Waals surface area contributed by atoms with Crippen LogP contribution < -0.4 is 10.6 Å². The van der Waals surface area contributed by atoms with E-state index in [9.17, 15) is 9.59 Å². The Morgan fingerprint density at radius 1 is 0.741 bits per heavy atom. The number of halogens is 1. The van der Waals surface area contributed by atoms with Crippen LogP contribution in [0.3, 0.4) is 0 Å². The Bertz CT molecular complexity index is 942. The fourth-order valence-corrected chi connectivity index (χ4v) is 3.15. The van der Waals surface area contributed by atoms with Crippen molar-refractivity contribution in [2.24, 2.45) is 0 Å². The monoisotopic (exact) mass is 422 g/mol. The van der Waals surface area contributed by atoms with Gasteiger partial charge in [-0.15, -0.1) is 0 Å². The van der Waals surface area contributed by atoms with Gasteiger partial charge in [-0.05, 0) is 52.2 Å². The summed E-state index contributed by atoms with van der Waals surface area (Å²) < 4.78 is 0.701. The smallest absolute Gasteiger partial charge is 0.256 e. The zero-order valence-corrected chi connectivity index (χ0v) is 16.2. The summed E-state index contributed by atoms with van der Waals surface area (Å²) in [5.74, 6) is -0.485. The highest BCUT2D eigenvalue weighted by molar-refractivity contribution is 9.10. The van der Waals surface area contributed by atoms with Crippen LogP contribution in [0.25, 0.3) is 0 Å². The van der Waals surface area contributed by atoms with E-state index in [0.717, 1.165) is 12.0 Å². The number of para-hydroxylation sites is 1. The van der Waals surface area contributed by atoms with E-state index in [0.29, 0.717) is 27.8 Å². The van der Waals surface area contributed by atoms with Gasteiger partial charge in [0, 0.05) is 11.0 Å². The Kier molecular flexibility index (Phi) is 6.39. The summed E-state index contributed by atoms with van der Waals surface area (Å²) >= 11 is 3.37. The lowest BCUT2D eigenvalue weighted by Crippen LogP contribution is -2.27. The van der Waals surface area contributed by atoms with Crippen LogP contribution in [0.4, 0.5) is 5.69 Å². The van der Waals surface area contributed by atoms with Crippen LogP contribution in [0, 0.1) is 0 Å². The van der Waals surface area contributed by atoms with Crippen LogP contribution in [-0.4, -0.2) is 18.4 Å². The molecular formula is C22H19BrN2O2. The number of carbonyl (C=O) groups is 2. The van der Waals surface area contributed by atoms with E-state index in [1.807, 2.05) is 36.4 Å². The zero-order valence-electron chi connectivity index (χ0n) is 14.6. The van der Waals surface area contributed by atoms with Crippen LogP contribution in [0.2, 0.25) is 0 Å². The molecule has 0 fully saturated rings.